The first-order chi connectivity index (χ1) is 8.54. The van der Waals surface area contributed by atoms with Crippen LogP contribution in [0.5, 0.6) is 11.5 Å². The van der Waals surface area contributed by atoms with Crippen LogP contribution >= 0.6 is 0 Å². The van der Waals surface area contributed by atoms with E-state index in [2.05, 4.69) is 0 Å². The van der Waals surface area contributed by atoms with Gasteiger partial charge in [-0.1, -0.05) is 12.1 Å². The van der Waals surface area contributed by atoms with Crippen LogP contribution in [-0.4, -0.2) is 5.11 Å². The van der Waals surface area contributed by atoms with E-state index < -0.39 is 17.7 Å². The lowest BCUT2D eigenvalue weighted by Crippen LogP contribution is -1.91. The van der Waals surface area contributed by atoms with Gasteiger partial charge in [0.05, 0.1) is 6.10 Å². The van der Waals surface area contributed by atoms with E-state index in [1.165, 1.54) is 0 Å². The van der Waals surface area contributed by atoms with Crippen molar-refractivity contribution < 1.29 is 18.6 Å². The van der Waals surface area contributed by atoms with Gasteiger partial charge in [-0.05, 0) is 24.6 Å². The third-order valence-electron chi connectivity index (χ3n) is 2.43. The third-order valence-corrected chi connectivity index (χ3v) is 2.43. The maximum Gasteiger partial charge on any atom is 0.133 e. The Hall–Kier alpha value is -1.94. The second kappa shape index (κ2) is 5.14. The van der Waals surface area contributed by atoms with Gasteiger partial charge in [0.15, 0.2) is 0 Å². The number of aliphatic hydroxyl groups is 1. The molecule has 0 spiro atoms. The van der Waals surface area contributed by atoms with E-state index in [4.69, 9.17) is 4.74 Å². The summed E-state index contributed by atoms with van der Waals surface area (Å²) in [5.41, 5.74) is 0.743. The summed E-state index contributed by atoms with van der Waals surface area (Å²) < 4.78 is 31.2. The second-order valence-corrected chi connectivity index (χ2v) is 3.95. The molecule has 1 N–H and O–H groups in total. The van der Waals surface area contributed by atoms with E-state index in [9.17, 15) is 13.9 Å². The Morgan fingerprint density at radius 2 is 1.50 bits per heavy atom. The fourth-order valence-electron chi connectivity index (χ4n) is 1.54. The van der Waals surface area contributed by atoms with Crippen molar-refractivity contribution in [2.45, 2.75) is 13.0 Å². The van der Waals surface area contributed by atoms with Gasteiger partial charge in [0.2, 0.25) is 0 Å². The van der Waals surface area contributed by atoms with Gasteiger partial charge < -0.3 is 9.84 Å². The number of halogens is 2. The number of hydrogen-bond acceptors (Lipinski definition) is 2. The van der Waals surface area contributed by atoms with Crippen LogP contribution in [0, 0.1) is 11.6 Å². The first-order valence-corrected chi connectivity index (χ1v) is 5.46. The van der Waals surface area contributed by atoms with E-state index in [1.807, 2.05) is 0 Å². The van der Waals surface area contributed by atoms with E-state index in [0.717, 1.165) is 23.8 Å². The predicted molar refractivity (Wildman–Crippen MR) is 63.5 cm³/mol. The van der Waals surface area contributed by atoms with Gasteiger partial charge in [0.25, 0.3) is 0 Å². The van der Waals surface area contributed by atoms with Crippen molar-refractivity contribution >= 4 is 0 Å². The van der Waals surface area contributed by atoms with E-state index in [1.54, 1.807) is 31.2 Å². The summed E-state index contributed by atoms with van der Waals surface area (Å²) in [6, 6.07) is 9.63. The zero-order valence-corrected chi connectivity index (χ0v) is 9.73. The van der Waals surface area contributed by atoms with Gasteiger partial charge in [0, 0.05) is 18.2 Å². The van der Waals surface area contributed by atoms with E-state index in [0.29, 0.717) is 5.75 Å². The Balaban J connectivity index is 2.18. The Kier molecular flexibility index (Phi) is 3.58. The normalized spacial score (nSPS) is 12.2. The van der Waals surface area contributed by atoms with Crippen molar-refractivity contribution in [1.29, 1.82) is 0 Å². The summed E-state index contributed by atoms with van der Waals surface area (Å²) in [6.07, 6.45) is -0.564. The van der Waals surface area contributed by atoms with E-state index >= 15 is 0 Å². The van der Waals surface area contributed by atoms with Crippen molar-refractivity contribution in [2.24, 2.45) is 0 Å². The third kappa shape index (κ3) is 3.05. The van der Waals surface area contributed by atoms with Crippen LogP contribution < -0.4 is 4.74 Å². The quantitative estimate of drug-likeness (QED) is 0.897. The van der Waals surface area contributed by atoms with Gasteiger partial charge in [-0.3, -0.25) is 0 Å². The molecule has 0 fully saturated rings. The van der Waals surface area contributed by atoms with Gasteiger partial charge in [0.1, 0.15) is 23.1 Å². The molecule has 1 atom stereocenters. The molecular formula is C14H12F2O2. The summed E-state index contributed by atoms with van der Waals surface area (Å²) in [7, 11) is 0. The molecule has 18 heavy (non-hydrogen) atoms. The maximum atomic E-state index is 12.9. The average Bonchev–Trinajstić information content (AvgIpc) is 2.28. The number of hydrogen-bond donors (Lipinski definition) is 1. The first kappa shape index (κ1) is 12.5. The second-order valence-electron chi connectivity index (χ2n) is 3.95. The Morgan fingerprint density at radius 1 is 0.944 bits per heavy atom. The molecule has 0 aliphatic heterocycles. The molecule has 0 aliphatic rings. The molecule has 2 nitrogen and oxygen atoms in total. The van der Waals surface area contributed by atoms with E-state index in [-0.39, 0.29) is 5.75 Å². The van der Waals surface area contributed by atoms with Crippen LogP contribution in [0.3, 0.4) is 0 Å². The summed E-state index contributed by atoms with van der Waals surface area (Å²) >= 11 is 0. The topological polar surface area (TPSA) is 29.5 Å². The highest BCUT2D eigenvalue weighted by Gasteiger charge is 2.04. The maximum absolute atomic E-state index is 12.9. The largest absolute Gasteiger partial charge is 0.457 e. The minimum Gasteiger partial charge on any atom is -0.457 e. The Morgan fingerprint density at radius 3 is 2.00 bits per heavy atom. The monoisotopic (exact) mass is 250 g/mol. The van der Waals surface area contributed by atoms with Crippen molar-refractivity contribution in [3.05, 3.63) is 59.7 Å². The Bertz CT molecular complexity index is 516. The summed E-state index contributed by atoms with van der Waals surface area (Å²) in [5, 5.41) is 9.34. The molecule has 94 valence electrons. The van der Waals surface area contributed by atoms with Crippen LogP contribution in [0.2, 0.25) is 0 Å². The van der Waals surface area contributed by atoms with Crippen LogP contribution in [0.4, 0.5) is 8.78 Å². The van der Waals surface area contributed by atoms with Crippen molar-refractivity contribution in [3.8, 4) is 11.5 Å². The molecule has 2 aromatic carbocycles. The number of ether oxygens (including phenoxy) is 1. The lowest BCUT2D eigenvalue weighted by Gasteiger charge is -2.08. The van der Waals surface area contributed by atoms with Crippen LogP contribution in [0.15, 0.2) is 42.5 Å². The van der Waals surface area contributed by atoms with Gasteiger partial charge in [-0.15, -0.1) is 0 Å². The highest BCUT2D eigenvalue weighted by molar-refractivity contribution is 5.34. The molecule has 0 aliphatic carbocycles. The number of rotatable bonds is 3. The Labute approximate surface area is 103 Å². The molecule has 0 aromatic heterocycles. The molecule has 2 rings (SSSR count). The average molecular weight is 250 g/mol. The molecule has 0 bridgehead atoms. The number of aliphatic hydroxyl groups excluding tert-OH is 1. The number of benzene rings is 2. The molecule has 0 amide bonds. The highest BCUT2D eigenvalue weighted by Crippen LogP contribution is 2.24. The molecule has 2 aromatic rings. The molecule has 4 heteroatoms. The standard InChI is InChI=1S/C14H12F2O2/c1-9(17)10-2-4-13(5-3-10)18-14-7-11(15)6-12(16)8-14/h2-9,17H,1H3/t9-/m0/s1. The van der Waals surface area contributed by atoms with Crippen LogP contribution in [0.25, 0.3) is 0 Å². The minimum atomic E-state index is -0.689. The smallest absolute Gasteiger partial charge is 0.133 e. The minimum absolute atomic E-state index is 0.0947. The van der Waals surface area contributed by atoms with Gasteiger partial charge in [-0.2, -0.15) is 0 Å². The SMILES string of the molecule is C[C@H](O)c1ccc(Oc2cc(F)cc(F)c2)cc1. The van der Waals surface area contributed by atoms with Crippen molar-refractivity contribution in [1.82, 2.24) is 0 Å². The van der Waals surface area contributed by atoms with Crippen molar-refractivity contribution in [3.63, 3.8) is 0 Å². The highest BCUT2D eigenvalue weighted by atomic mass is 19.1. The molecule has 0 radical (unpaired) electrons. The fraction of sp³-hybridized carbons (Fsp3) is 0.143. The lowest BCUT2D eigenvalue weighted by molar-refractivity contribution is 0.199. The van der Waals surface area contributed by atoms with Crippen molar-refractivity contribution in [2.75, 3.05) is 0 Å². The lowest BCUT2D eigenvalue weighted by atomic mass is 10.1. The fourth-order valence-corrected chi connectivity index (χ4v) is 1.54. The summed E-state index contributed by atoms with van der Waals surface area (Å²) in [6.45, 7) is 1.65. The molecular weight excluding hydrogens is 238 g/mol. The van der Waals surface area contributed by atoms with Crippen LogP contribution in [0.1, 0.15) is 18.6 Å². The van der Waals surface area contributed by atoms with Gasteiger partial charge in [-0.25, -0.2) is 8.78 Å². The zero-order valence-electron chi connectivity index (χ0n) is 9.73. The molecule has 0 unspecified atom stereocenters. The van der Waals surface area contributed by atoms with Crippen LogP contribution in [-0.2, 0) is 0 Å². The molecule has 0 heterocycles. The molecule has 0 saturated heterocycles. The van der Waals surface area contributed by atoms with Gasteiger partial charge >= 0.3 is 0 Å². The predicted octanol–water partition coefficient (Wildman–Crippen LogP) is 3.81. The zero-order chi connectivity index (χ0) is 13.1. The molecule has 0 saturated carbocycles. The summed E-state index contributed by atoms with van der Waals surface area (Å²) in [5.74, 6) is -0.835. The first-order valence-electron chi connectivity index (χ1n) is 5.46. The summed E-state index contributed by atoms with van der Waals surface area (Å²) in [4.78, 5) is 0.